The van der Waals surface area contributed by atoms with Crippen molar-refractivity contribution in [2.45, 2.75) is 44.1 Å². The Morgan fingerprint density at radius 3 is 2.77 bits per heavy atom. The Balaban J connectivity index is 1.61. The molecule has 1 atom stereocenters. The fourth-order valence-electron chi connectivity index (χ4n) is 3.95. The minimum Gasteiger partial charge on any atom is -0.320 e. The second-order valence-electron chi connectivity index (χ2n) is 8.11. The predicted octanol–water partition coefficient (Wildman–Crippen LogP) is 3.16. The summed E-state index contributed by atoms with van der Waals surface area (Å²) >= 11 is 0. The van der Waals surface area contributed by atoms with Crippen LogP contribution in [0.1, 0.15) is 48.0 Å². The standard InChI is InChI=1S/C22H26F2N4O2/c1-27-10-7-16(8-11-27)2-3-17-14-26-9-6-19(17)20(29)4-5-21(30)28-15-22(23,24)12-18(28)13-25/h2-3,6,9,14,16,18H,4-5,7-8,10-12,15H2,1H3/b3-2+/t18-/m0/s1. The minimum atomic E-state index is -3.06. The van der Waals surface area contributed by atoms with Gasteiger partial charge in [0.2, 0.25) is 5.91 Å². The lowest BCUT2D eigenvalue weighted by Gasteiger charge is -2.26. The first-order valence-corrected chi connectivity index (χ1v) is 10.2. The summed E-state index contributed by atoms with van der Waals surface area (Å²) in [6.07, 6.45) is 8.32. The Kier molecular flexibility index (Phi) is 6.93. The van der Waals surface area contributed by atoms with Crippen LogP contribution >= 0.6 is 0 Å². The highest BCUT2D eigenvalue weighted by molar-refractivity contribution is 6.00. The molecule has 3 heterocycles. The maximum absolute atomic E-state index is 13.5. The third-order valence-corrected chi connectivity index (χ3v) is 5.77. The summed E-state index contributed by atoms with van der Waals surface area (Å²) < 4.78 is 27.1. The molecule has 160 valence electrons. The zero-order valence-electron chi connectivity index (χ0n) is 17.1. The molecule has 0 saturated carbocycles. The molecule has 8 heteroatoms. The number of ketones is 1. The van der Waals surface area contributed by atoms with Crippen LogP contribution in [0.3, 0.4) is 0 Å². The number of allylic oxidation sites excluding steroid dienone is 1. The topological polar surface area (TPSA) is 77.3 Å². The fraction of sp³-hybridized carbons (Fsp3) is 0.545. The molecule has 2 fully saturated rings. The zero-order chi connectivity index (χ0) is 21.7. The van der Waals surface area contributed by atoms with E-state index in [1.54, 1.807) is 18.3 Å². The van der Waals surface area contributed by atoms with E-state index in [4.69, 9.17) is 5.26 Å². The molecule has 0 N–H and O–H groups in total. The van der Waals surface area contributed by atoms with Crippen LogP contribution in [0.15, 0.2) is 24.5 Å². The van der Waals surface area contributed by atoms with Crippen molar-refractivity contribution in [1.82, 2.24) is 14.8 Å². The zero-order valence-corrected chi connectivity index (χ0v) is 17.1. The number of alkyl halides is 2. The average Bonchev–Trinajstić information content (AvgIpc) is 3.06. The molecule has 1 amide bonds. The number of hydrogen-bond donors (Lipinski definition) is 0. The van der Waals surface area contributed by atoms with Crippen molar-refractivity contribution in [3.63, 3.8) is 0 Å². The van der Waals surface area contributed by atoms with Gasteiger partial charge in [0, 0.05) is 42.8 Å². The average molecular weight is 416 g/mol. The molecule has 0 aromatic carbocycles. The second-order valence-corrected chi connectivity index (χ2v) is 8.11. The first-order chi connectivity index (χ1) is 14.3. The second kappa shape index (κ2) is 9.43. The number of nitrogens with zero attached hydrogens (tertiary/aromatic N) is 4. The summed E-state index contributed by atoms with van der Waals surface area (Å²) in [5.74, 6) is -3.44. The molecule has 2 saturated heterocycles. The maximum Gasteiger partial charge on any atom is 0.268 e. The number of nitriles is 1. The van der Waals surface area contributed by atoms with Gasteiger partial charge in [-0.05, 0) is 45.0 Å². The molecule has 30 heavy (non-hydrogen) atoms. The van der Waals surface area contributed by atoms with Gasteiger partial charge >= 0.3 is 0 Å². The Bertz CT molecular complexity index is 857. The van der Waals surface area contributed by atoms with Gasteiger partial charge in [-0.3, -0.25) is 14.6 Å². The smallest absolute Gasteiger partial charge is 0.268 e. The third kappa shape index (κ3) is 5.48. The Morgan fingerprint density at radius 1 is 1.33 bits per heavy atom. The van der Waals surface area contributed by atoms with E-state index in [9.17, 15) is 18.4 Å². The number of rotatable bonds is 6. The molecule has 0 spiro atoms. The molecule has 2 aliphatic heterocycles. The first-order valence-electron chi connectivity index (χ1n) is 10.2. The molecule has 0 unspecified atom stereocenters. The Hall–Kier alpha value is -2.66. The largest absolute Gasteiger partial charge is 0.320 e. The number of carbonyl (C=O) groups is 2. The van der Waals surface area contributed by atoms with Crippen LogP contribution < -0.4 is 0 Å². The van der Waals surface area contributed by atoms with Crippen molar-refractivity contribution in [2.75, 3.05) is 26.7 Å². The minimum absolute atomic E-state index is 0.0991. The van der Waals surface area contributed by atoms with Gasteiger partial charge in [0.05, 0.1) is 12.6 Å². The van der Waals surface area contributed by atoms with Crippen molar-refractivity contribution in [2.24, 2.45) is 5.92 Å². The predicted molar refractivity (Wildman–Crippen MR) is 108 cm³/mol. The SMILES string of the molecule is CN1CCC(/C=C/c2cnccc2C(=O)CCC(=O)N2CC(F)(F)C[C@H]2C#N)CC1. The number of Topliss-reactive ketones (excluding diaryl/α,β-unsaturated/α-hetero) is 1. The number of likely N-dealkylation sites (tertiary alicyclic amines) is 2. The van der Waals surface area contributed by atoms with Crippen molar-refractivity contribution in [3.05, 3.63) is 35.7 Å². The normalized spacial score (nSPS) is 22.3. The van der Waals surface area contributed by atoms with Crippen LogP contribution in [0, 0.1) is 17.2 Å². The molecule has 6 nitrogen and oxygen atoms in total. The number of pyridine rings is 1. The van der Waals surface area contributed by atoms with Crippen LogP contribution in [0.25, 0.3) is 6.08 Å². The van der Waals surface area contributed by atoms with E-state index < -0.39 is 30.8 Å². The lowest BCUT2D eigenvalue weighted by Crippen LogP contribution is -2.36. The van der Waals surface area contributed by atoms with Gasteiger partial charge in [0.15, 0.2) is 5.78 Å². The van der Waals surface area contributed by atoms with Gasteiger partial charge < -0.3 is 9.80 Å². The molecule has 2 aliphatic rings. The molecule has 1 aromatic heterocycles. The van der Waals surface area contributed by atoms with Crippen molar-refractivity contribution in [3.8, 4) is 6.07 Å². The number of carbonyl (C=O) groups excluding carboxylic acids is 2. The van der Waals surface area contributed by atoms with Gasteiger partial charge in [0.25, 0.3) is 5.92 Å². The quantitative estimate of drug-likeness (QED) is 0.666. The van der Waals surface area contributed by atoms with Gasteiger partial charge in [0.1, 0.15) is 6.04 Å². The maximum atomic E-state index is 13.5. The molecule has 0 bridgehead atoms. The highest BCUT2D eigenvalue weighted by Gasteiger charge is 2.47. The van der Waals surface area contributed by atoms with Gasteiger partial charge in [-0.1, -0.05) is 12.2 Å². The van der Waals surface area contributed by atoms with E-state index >= 15 is 0 Å². The number of hydrogen-bond acceptors (Lipinski definition) is 5. The van der Waals surface area contributed by atoms with Gasteiger partial charge in [-0.25, -0.2) is 8.78 Å². The molecule has 0 aliphatic carbocycles. The lowest BCUT2D eigenvalue weighted by atomic mass is 9.95. The monoisotopic (exact) mass is 416 g/mol. The van der Waals surface area contributed by atoms with E-state index in [0.29, 0.717) is 17.0 Å². The summed E-state index contributed by atoms with van der Waals surface area (Å²) in [5.41, 5.74) is 1.15. The molecule has 3 rings (SSSR count). The van der Waals surface area contributed by atoms with Crippen molar-refractivity contribution < 1.29 is 18.4 Å². The molecular formula is C22H26F2N4O2. The highest BCUT2D eigenvalue weighted by Crippen LogP contribution is 2.32. The number of aromatic nitrogens is 1. The Morgan fingerprint density at radius 2 is 2.07 bits per heavy atom. The van der Waals surface area contributed by atoms with Crippen LogP contribution in [0.2, 0.25) is 0 Å². The highest BCUT2D eigenvalue weighted by atomic mass is 19.3. The summed E-state index contributed by atoms with van der Waals surface area (Å²) in [7, 11) is 2.10. The van der Waals surface area contributed by atoms with Crippen LogP contribution in [0.4, 0.5) is 8.78 Å². The number of halogens is 2. The van der Waals surface area contributed by atoms with Crippen LogP contribution in [-0.4, -0.2) is 65.1 Å². The van der Waals surface area contributed by atoms with E-state index in [2.05, 4.69) is 23.0 Å². The summed E-state index contributed by atoms with van der Waals surface area (Å²) in [6, 6.07) is 2.22. The van der Waals surface area contributed by atoms with Crippen LogP contribution in [0.5, 0.6) is 0 Å². The van der Waals surface area contributed by atoms with E-state index in [1.807, 2.05) is 6.08 Å². The number of amides is 1. The molecular weight excluding hydrogens is 390 g/mol. The third-order valence-electron chi connectivity index (χ3n) is 5.77. The van der Waals surface area contributed by atoms with Crippen LogP contribution in [-0.2, 0) is 4.79 Å². The van der Waals surface area contributed by atoms with Gasteiger partial charge in [-0.15, -0.1) is 0 Å². The Labute approximate surface area is 175 Å². The summed E-state index contributed by atoms with van der Waals surface area (Å²) in [4.78, 5) is 32.3. The summed E-state index contributed by atoms with van der Waals surface area (Å²) in [5, 5.41) is 9.03. The van der Waals surface area contributed by atoms with E-state index in [0.717, 1.165) is 30.8 Å². The summed E-state index contributed by atoms with van der Waals surface area (Å²) in [6.45, 7) is 1.31. The molecule has 1 aromatic rings. The fourth-order valence-corrected chi connectivity index (χ4v) is 3.95. The van der Waals surface area contributed by atoms with Gasteiger partial charge in [-0.2, -0.15) is 5.26 Å². The van der Waals surface area contributed by atoms with Crippen molar-refractivity contribution >= 4 is 17.8 Å². The first kappa shape index (κ1) is 22.0. The van der Waals surface area contributed by atoms with Crippen molar-refractivity contribution in [1.29, 1.82) is 5.26 Å². The van der Waals surface area contributed by atoms with E-state index in [-0.39, 0.29) is 18.6 Å². The number of piperidine rings is 1. The lowest BCUT2D eigenvalue weighted by molar-refractivity contribution is -0.132. The van der Waals surface area contributed by atoms with E-state index in [1.165, 1.54) is 6.20 Å². The molecule has 0 radical (unpaired) electrons.